The van der Waals surface area contributed by atoms with E-state index in [1.165, 1.54) is 12.1 Å². The van der Waals surface area contributed by atoms with E-state index in [1.54, 1.807) is 41.1 Å². The fourth-order valence-corrected chi connectivity index (χ4v) is 3.71. The number of hydrogen-bond donors (Lipinski definition) is 0. The number of pyridine rings is 1. The Hall–Kier alpha value is -2.95. The molecule has 0 fully saturated rings. The Labute approximate surface area is 155 Å². The van der Waals surface area contributed by atoms with Crippen LogP contribution in [0.5, 0.6) is 5.75 Å². The second kappa shape index (κ2) is 7.35. The van der Waals surface area contributed by atoms with Crippen molar-refractivity contribution in [2.75, 3.05) is 6.86 Å². The molecule has 0 saturated heterocycles. The first-order chi connectivity index (χ1) is 13.2. The van der Waals surface area contributed by atoms with Gasteiger partial charge in [-0.15, -0.1) is 0 Å². The zero-order valence-corrected chi connectivity index (χ0v) is 14.8. The molecule has 0 amide bonds. The van der Waals surface area contributed by atoms with Gasteiger partial charge in [0.1, 0.15) is 11.6 Å². The van der Waals surface area contributed by atoms with Crippen molar-refractivity contribution in [1.29, 1.82) is 0 Å². The van der Waals surface area contributed by atoms with E-state index < -0.39 is 6.86 Å². The molecule has 0 unspecified atom stereocenters. The minimum atomic E-state index is -0.901. The Morgan fingerprint density at radius 1 is 1.00 bits per heavy atom. The predicted octanol–water partition coefficient (Wildman–Crippen LogP) is 4.83. The lowest BCUT2D eigenvalue weighted by atomic mass is 9.87. The van der Waals surface area contributed by atoms with Gasteiger partial charge >= 0.3 is 0 Å². The number of aromatic nitrogens is 1. The highest BCUT2D eigenvalue weighted by Crippen LogP contribution is 2.31. The van der Waals surface area contributed by atoms with E-state index in [0.717, 1.165) is 47.9 Å². The highest BCUT2D eigenvalue weighted by Gasteiger charge is 2.20. The number of halogens is 2. The smallest absolute Gasteiger partial charge is 0.258 e. The van der Waals surface area contributed by atoms with Crippen LogP contribution in [-0.2, 0) is 12.8 Å². The molecular weight excluding hydrogens is 348 g/mol. The van der Waals surface area contributed by atoms with Gasteiger partial charge in [-0.25, -0.2) is 8.78 Å². The molecule has 1 aliphatic rings. The van der Waals surface area contributed by atoms with Crippen molar-refractivity contribution in [3.05, 3.63) is 82.0 Å². The molecule has 1 heterocycles. The highest BCUT2D eigenvalue weighted by molar-refractivity contribution is 5.69. The second-order valence-corrected chi connectivity index (χ2v) is 6.64. The van der Waals surface area contributed by atoms with Gasteiger partial charge in [0.15, 0.2) is 0 Å². The summed E-state index contributed by atoms with van der Waals surface area (Å²) in [6, 6.07) is 13.1. The van der Waals surface area contributed by atoms with Gasteiger partial charge in [0, 0.05) is 23.0 Å². The van der Waals surface area contributed by atoms with Crippen molar-refractivity contribution in [3.8, 4) is 22.6 Å². The predicted molar refractivity (Wildman–Crippen MR) is 101 cm³/mol. The number of benzene rings is 2. The lowest BCUT2D eigenvalue weighted by Crippen LogP contribution is -2.26. The Morgan fingerprint density at radius 2 is 1.74 bits per heavy atom. The van der Waals surface area contributed by atoms with Crippen LogP contribution in [0.1, 0.15) is 24.0 Å². The normalized spacial score (nSPS) is 13.3. The molecule has 4 rings (SSSR count). The minimum Gasteiger partial charge on any atom is -0.463 e. The summed E-state index contributed by atoms with van der Waals surface area (Å²) in [5, 5.41) is 0. The van der Waals surface area contributed by atoms with Crippen molar-refractivity contribution in [2.24, 2.45) is 0 Å². The Bertz CT molecular complexity index is 1030. The molecule has 1 aliphatic carbocycles. The Balaban J connectivity index is 1.90. The molecule has 0 bridgehead atoms. The van der Waals surface area contributed by atoms with E-state index in [9.17, 15) is 13.6 Å². The minimum absolute atomic E-state index is 0.0518. The van der Waals surface area contributed by atoms with E-state index in [-0.39, 0.29) is 11.4 Å². The van der Waals surface area contributed by atoms with Crippen LogP contribution in [-0.4, -0.2) is 11.4 Å². The maximum Gasteiger partial charge on any atom is 0.258 e. The number of alkyl halides is 1. The largest absolute Gasteiger partial charge is 0.463 e. The third-order valence-electron chi connectivity index (χ3n) is 5.00. The Morgan fingerprint density at radius 3 is 2.44 bits per heavy atom. The second-order valence-electron chi connectivity index (χ2n) is 6.64. The molecule has 0 atom stereocenters. The van der Waals surface area contributed by atoms with Gasteiger partial charge in [-0.1, -0.05) is 12.1 Å². The lowest BCUT2D eigenvalue weighted by molar-refractivity contribution is 0.192. The zero-order chi connectivity index (χ0) is 18.8. The fraction of sp³-hybridized carbons (Fsp3) is 0.227. The number of rotatable bonds is 4. The zero-order valence-electron chi connectivity index (χ0n) is 14.8. The average Bonchev–Trinajstić information content (AvgIpc) is 2.69. The van der Waals surface area contributed by atoms with Gasteiger partial charge in [0.25, 0.3) is 5.56 Å². The van der Waals surface area contributed by atoms with Crippen LogP contribution >= 0.6 is 0 Å². The van der Waals surface area contributed by atoms with Crippen LogP contribution in [0, 0.1) is 5.82 Å². The van der Waals surface area contributed by atoms with E-state index in [2.05, 4.69) is 0 Å². The van der Waals surface area contributed by atoms with Crippen molar-refractivity contribution in [3.63, 3.8) is 0 Å². The summed E-state index contributed by atoms with van der Waals surface area (Å²) in [6.07, 6.45) is 5.32. The maximum absolute atomic E-state index is 13.8. The molecule has 3 nitrogen and oxygen atoms in total. The summed E-state index contributed by atoms with van der Waals surface area (Å²) in [5.41, 5.74) is 4.07. The third-order valence-corrected chi connectivity index (χ3v) is 5.00. The number of hydrogen-bond acceptors (Lipinski definition) is 2. The molecule has 0 N–H and O–H groups in total. The summed E-state index contributed by atoms with van der Waals surface area (Å²) < 4.78 is 32.5. The number of ether oxygens (including phenoxy) is 1. The number of fused-ring (bicyclic) bond motifs is 1. The van der Waals surface area contributed by atoms with Crippen LogP contribution in [0.25, 0.3) is 16.8 Å². The van der Waals surface area contributed by atoms with E-state index in [1.807, 2.05) is 6.07 Å². The summed E-state index contributed by atoms with van der Waals surface area (Å²) in [4.78, 5) is 13.1. The third kappa shape index (κ3) is 3.37. The molecule has 1 aromatic heterocycles. The molecule has 0 spiro atoms. The first-order valence-electron chi connectivity index (χ1n) is 9.00. The quantitative estimate of drug-likeness (QED) is 0.661. The molecule has 0 aliphatic heterocycles. The maximum atomic E-state index is 13.8. The van der Waals surface area contributed by atoms with Crippen molar-refractivity contribution < 1.29 is 13.5 Å². The molecule has 138 valence electrons. The summed E-state index contributed by atoms with van der Waals surface area (Å²) in [5.74, 6) is 0.0974. The van der Waals surface area contributed by atoms with Crippen LogP contribution in [0.2, 0.25) is 0 Å². The van der Waals surface area contributed by atoms with E-state index in [4.69, 9.17) is 4.74 Å². The number of nitrogens with zero attached hydrogens (tertiary/aromatic N) is 1. The van der Waals surface area contributed by atoms with Gasteiger partial charge in [0.2, 0.25) is 6.86 Å². The molecule has 0 radical (unpaired) electrons. The molecule has 27 heavy (non-hydrogen) atoms. The highest BCUT2D eigenvalue weighted by atomic mass is 19.1. The van der Waals surface area contributed by atoms with Gasteiger partial charge in [-0.3, -0.25) is 9.36 Å². The molecule has 0 saturated carbocycles. The van der Waals surface area contributed by atoms with Crippen LogP contribution < -0.4 is 10.3 Å². The molecule has 2 aromatic carbocycles. The topological polar surface area (TPSA) is 31.2 Å². The SMILES string of the molecule is O=c1c2c(c(-c3cccc(F)c3)cn1-c1ccc(OCF)cc1)CCCC2. The first kappa shape index (κ1) is 17.5. The van der Waals surface area contributed by atoms with Crippen molar-refractivity contribution in [2.45, 2.75) is 25.7 Å². The van der Waals surface area contributed by atoms with E-state index in [0.29, 0.717) is 11.4 Å². The average molecular weight is 367 g/mol. The van der Waals surface area contributed by atoms with Gasteiger partial charge in [-0.2, -0.15) is 0 Å². The molecule has 5 heteroatoms. The molecular formula is C22H19F2NO2. The standard InChI is InChI=1S/C22H19F2NO2/c23-14-27-18-10-8-17(9-11-18)25-13-21(15-4-3-5-16(24)12-15)19-6-1-2-7-20(19)22(25)26/h3-5,8-13H,1-2,6-7,14H2. The van der Waals surface area contributed by atoms with Gasteiger partial charge < -0.3 is 4.74 Å². The van der Waals surface area contributed by atoms with Gasteiger partial charge in [0.05, 0.1) is 0 Å². The fourth-order valence-electron chi connectivity index (χ4n) is 3.71. The van der Waals surface area contributed by atoms with Crippen molar-refractivity contribution >= 4 is 0 Å². The molecule has 3 aromatic rings. The van der Waals surface area contributed by atoms with Crippen LogP contribution in [0.3, 0.4) is 0 Å². The van der Waals surface area contributed by atoms with Gasteiger partial charge in [-0.05, 0) is 73.2 Å². The van der Waals surface area contributed by atoms with Crippen LogP contribution in [0.4, 0.5) is 8.78 Å². The summed E-state index contributed by atoms with van der Waals surface area (Å²) in [6.45, 7) is -0.901. The van der Waals surface area contributed by atoms with Crippen LogP contribution in [0.15, 0.2) is 59.5 Å². The lowest BCUT2D eigenvalue weighted by Gasteiger charge is -2.21. The monoisotopic (exact) mass is 367 g/mol. The summed E-state index contributed by atoms with van der Waals surface area (Å²) >= 11 is 0. The Kier molecular flexibility index (Phi) is 4.75. The van der Waals surface area contributed by atoms with Crippen molar-refractivity contribution in [1.82, 2.24) is 4.57 Å². The van der Waals surface area contributed by atoms with E-state index >= 15 is 0 Å². The summed E-state index contributed by atoms with van der Waals surface area (Å²) in [7, 11) is 0. The first-order valence-corrected chi connectivity index (χ1v) is 9.00.